The zero-order valence-electron chi connectivity index (χ0n) is 19.1. The summed E-state index contributed by atoms with van der Waals surface area (Å²) in [6.45, 7) is 7.15. The number of thioether (sulfide) groups is 1. The monoisotopic (exact) mass is 448 g/mol. The van der Waals surface area contributed by atoms with E-state index in [1.54, 1.807) is 26.0 Å². The Balaban J connectivity index is 1.56. The second-order valence-corrected chi connectivity index (χ2v) is 8.50. The molecule has 7 heteroatoms. The number of nitrogens with zero attached hydrogens (tertiary/aromatic N) is 4. The SMILES string of the molecule is CCn1c(SCc2cc(OC)cc(OC)c2)nnc1-c1ccc(-n2c(C)ccc2C)cc1. The Kier molecular flexibility index (Phi) is 6.55. The molecule has 0 aliphatic rings. The predicted molar refractivity (Wildman–Crippen MR) is 129 cm³/mol. The second-order valence-electron chi connectivity index (χ2n) is 7.56. The van der Waals surface area contributed by atoms with Crippen molar-refractivity contribution in [2.24, 2.45) is 0 Å². The van der Waals surface area contributed by atoms with Crippen LogP contribution in [0.25, 0.3) is 17.1 Å². The van der Waals surface area contributed by atoms with Crippen LogP contribution >= 0.6 is 11.8 Å². The first kappa shape index (κ1) is 22.0. The molecule has 6 nitrogen and oxygen atoms in total. The smallest absolute Gasteiger partial charge is 0.191 e. The third-order valence-corrected chi connectivity index (χ3v) is 6.50. The number of benzene rings is 2. The molecular weight excluding hydrogens is 420 g/mol. The molecule has 2 aromatic carbocycles. The van der Waals surface area contributed by atoms with Crippen LogP contribution in [0, 0.1) is 13.8 Å². The van der Waals surface area contributed by atoms with Gasteiger partial charge in [0, 0.05) is 41.0 Å². The maximum Gasteiger partial charge on any atom is 0.191 e. The van der Waals surface area contributed by atoms with Crippen LogP contribution < -0.4 is 9.47 Å². The Morgan fingerprint density at radius 1 is 0.844 bits per heavy atom. The highest BCUT2D eigenvalue weighted by Crippen LogP contribution is 2.30. The van der Waals surface area contributed by atoms with Crippen molar-refractivity contribution in [2.75, 3.05) is 14.2 Å². The summed E-state index contributed by atoms with van der Waals surface area (Å²) in [6, 6.07) is 18.7. The fourth-order valence-corrected chi connectivity index (χ4v) is 4.76. The highest BCUT2D eigenvalue weighted by Gasteiger charge is 2.14. The highest BCUT2D eigenvalue weighted by molar-refractivity contribution is 7.98. The minimum atomic E-state index is 0.747. The van der Waals surface area contributed by atoms with Gasteiger partial charge in [-0.2, -0.15) is 0 Å². The van der Waals surface area contributed by atoms with E-state index in [1.807, 2.05) is 18.2 Å². The summed E-state index contributed by atoms with van der Waals surface area (Å²) >= 11 is 1.66. The average molecular weight is 449 g/mol. The van der Waals surface area contributed by atoms with Crippen molar-refractivity contribution < 1.29 is 9.47 Å². The summed E-state index contributed by atoms with van der Waals surface area (Å²) in [5, 5.41) is 9.87. The van der Waals surface area contributed by atoms with Crippen LogP contribution in [-0.4, -0.2) is 33.6 Å². The third kappa shape index (κ3) is 4.39. The van der Waals surface area contributed by atoms with E-state index >= 15 is 0 Å². The van der Waals surface area contributed by atoms with Crippen molar-refractivity contribution >= 4 is 11.8 Å². The summed E-state index contributed by atoms with van der Waals surface area (Å²) in [6.07, 6.45) is 0. The fraction of sp³-hybridized carbons (Fsp3) is 0.280. The van der Waals surface area contributed by atoms with Crippen LogP contribution in [0.4, 0.5) is 0 Å². The molecule has 0 unspecified atom stereocenters. The van der Waals surface area contributed by atoms with Gasteiger partial charge in [-0.1, -0.05) is 11.8 Å². The molecule has 0 amide bonds. The minimum Gasteiger partial charge on any atom is -0.497 e. The van der Waals surface area contributed by atoms with Gasteiger partial charge in [0.15, 0.2) is 11.0 Å². The van der Waals surface area contributed by atoms with Gasteiger partial charge in [-0.15, -0.1) is 10.2 Å². The van der Waals surface area contributed by atoms with Gasteiger partial charge < -0.3 is 18.6 Å². The third-order valence-electron chi connectivity index (χ3n) is 5.47. The lowest BCUT2D eigenvalue weighted by Gasteiger charge is -2.11. The quantitative estimate of drug-likeness (QED) is 0.325. The van der Waals surface area contributed by atoms with Crippen LogP contribution in [0.3, 0.4) is 0 Å². The van der Waals surface area contributed by atoms with Gasteiger partial charge in [-0.3, -0.25) is 0 Å². The molecule has 0 N–H and O–H groups in total. The Morgan fingerprint density at radius 2 is 1.47 bits per heavy atom. The number of hydrogen-bond acceptors (Lipinski definition) is 5. The minimum absolute atomic E-state index is 0.747. The molecule has 0 aliphatic heterocycles. The van der Waals surface area contributed by atoms with Gasteiger partial charge in [0.2, 0.25) is 0 Å². The first-order chi connectivity index (χ1) is 15.5. The number of ether oxygens (including phenoxy) is 2. The number of aromatic nitrogens is 4. The Hall–Kier alpha value is -3.19. The van der Waals surface area contributed by atoms with Crippen molar-refractivity contribution in [3.63, 3.8) is 0 Å². The zero-order chi connectivity index (χ0) is 22.7. The first-order valence-corrected chi connectivity index (χ1v) is 11.6. The Labute approximate surface area is 193 Å². The maximum atomic E-state index is 5.38. The van der Waals surface area contributed by atoms with Crippen LogP contribution in [0.2, 0.25) is 0 Å². The molecule has 166 valence electrons. The summed E-state index contributed by atoms with van der Waals surface area (Å²) in [5.41, 5.74) is 5.76. The van der Waals surface area contributed by atoms with Crippen LogP contribution in [0.1, 0.15) is 23.9 Å². The lowest BCUT2D eigenvalue weighted by Crippen LogP contribution is -2.01. The molecule has 4 rings (SSSR count). The standard InChI is InChI=1S/C25H28N4O2S/c1-6-28-24(20-9-11-21(12-10-20)29-17(2)7-8-18(29)3)26-27-25(28)32-16-19-13-22(30-4)15-23(14-19)31-5/h7-15H,6,16H2,1-5H3. The van der Waals surface area contributed by atoms with Crippen molar-refractivity contribution in [1.29, 1.82) is 0 Å². The lowest BCUT2D eigenvalue weighted by molar-refractivity contribution is 0.393. The number of rotatable bonds is 8. The van der Waals surface area contributed by atoms with E-state index in [0.717, 1.165) is 51.6 Å². The second kappa shape index (κ2) is 9.53. The van der Waals surface area contributed by atoms with Gasteiger partial charge >= 0.3 is 0 Å². The van der Waals surface area contributed by atoms with Gasteiger partial charge in [-0.25, -0.2) is 0 Å². The molecule has 0 bridgehead atoms. The molecule has 0 saturated carbocycles. The van der Waals surface area contributed by atoms with Crippen LogP contribution in [0.5, 0.6) is 11.5 Å². The molecule has 0 radical (unpaired) electrons. The van der Waals surface area contributed by atoms with E-state index < -0.39 is 0 Å². The van der Waals surface area contributed by atoms with Gasteiger partial charge in [0.05, 0.1) is 14.2 Å². The molecule has 2 heterocycles. The Bertz CT molecular complexity index is 1170. The lowest BCUT2D eigenvalue weighted by atomic mass is 10.2. The van der Waals surface area contributed by atoms with E-state index in [1.165, 1.54) is 11.4 Å². The molecule has 4 aromatic rings. The maximum absolute atomic E-state index is 5.38. The highest BCUT2D eigenvalue weighted by atomic mass is 32.2. The van der Waals surface area contributed by atoms with E-state index in [0.29, 0.717) is 0 Å². The summed E-state index contributed by atoms with van der Waals surface area (Å²) in [5.74, 6) is 3.19. The number of aryl methyl sites for hydroxylation is 2. The topological polar surface area (TPSA) is 54.1 Å². The molecule has 0 aliphatic carbocycles. The summed E-state index contributed by atoms with van der Waals surface area (Å²) < 4.78 is 15.2. The van der Waals surface area contributed by atoms with E-state index in [4.69, 9.17) is 9.47 Å². The number of methoxy groups -OCH3 is 2. The van der Waals surface area contributed by atoms with Gasteiger partial charge in [-0.05, 0) is 74.9 Å². The summed E-state index contributed by atoms with van der Waals surface area (Å²) in [4.78, 5) is 0. The van der Waals surface area contributed by atoms with Crippen LogP contribution in [0.15, 0.2) is 59.8 Å². The van der Waals surface area contributed by atoms with E-state index in [9.17, 15) is 0 Å². The molecule has 32 heavy (non-hydrogen) atoms. The number of hydrogen-bond donors (Lipinski definition) is 0. The molecule has 2 aromatic heterocycles. The largest absolute Gasteiger partial charge is 0.497 e. The van der Waals surface area contributed by atoms with E-state index in [2.05, 4.69) is 76.5 Å². The molecular formula is C25H28N4O2S. The van der Waals surface area contributed by atoms with Crippen molar-refractivity contribution in [2.45, 2.75) is 38.2 Å². The molecule has 0 spiro atoms. The van der Waals surface area contributed by atoms with E-state index in [-0.39, 0.29) is 0 Å². The zero-order valence-corrected chi connectivity index (χ0v) is 19.9. The van der Waals surface area contributed by atoms with Gasteiger partial charge in [0.1, 0.15) is 11.5 Å². The van der Waals surface area contributed by atoms with Crippen molar-refractivity contribution in [3.05, 3.63) is 71.5 Å². The summed E-state index contributed by atoms with van der Waals surface area (Å²) in [7, 11) is 3.33. The fourth-order valence-electron chi connectivity index (χ4n) is 3.83. The van der Waals surface area contributed by atoms with Gasteiger partial charge in [0.25, 0.3) is 0 Å². The van der Waals surface area contributed by atoms with Crippen molar-refractivity contribution in [3.8, 4) is 28.6 Å². The molecule has 0 saturated heterocycles. The van der Waals surface area contributed by atoms with Crippen LogP contribution in [-0.2, 0) is 12.3 Å². The molecule has 0 fully saturated rings. The average Bonchev–Trinajstić information content (AvgIpc) is 3.39. The predicted octanol–water partition coefficient (Wildman–Crippen LogP) is 5.68. The van der Waals surface area contributed by atoms with Crippen molar-refractivity contribution in [1.82, 2.24) is 19.3 Å². The molecule has 0 atom stereocenters. The first-order valence-electron chi connectivity index (χ1n) is 10.6. The Morgan fingerprint density at radius 3 is 2.03 bits per heavy atom. The normalized spacial score (nSPS) is 11.0.